The first kappa shape index (κ1) is 19.9. The molecule has 0 aliphatic rings. The van der Waals surface area contributed by atoms with Crippen molar-refractivity contribution in [2.75, 3.05) is 7.11 Å². The Hall–Kier alpha value is -3.44. The zero-order valence-corrected chi connectivity index (χ0v) is 17.4. The SMILES string of the molecule is COC(=O)c1ccc(CNC(C)c2cnn(-c3cccc4ccccc34)c2C)cc1. The number of benzene rings is 3. The number of fused-ring (bicyclic) bond motifs is 1. The lowest BCUT2D eigenvalue weighted by Gasteiger charge is -2.15. The molecular weight excluding hydrogens is 374 g/mol. The van der Waals surface area contributed by atoms with E-state index in [9.17, 15) is 4.79 Å². The van der Waals surface area contributed by atoms with Crippen molar-refractivity contribution in [2.24, 2.45) is 0 Å². The fourth-order valence-electron chi connectivity index (χ4n) is 3.74. The number of hydrogen-bond donors (Lipinski definition) is 1. The number of carbonyl (C=O) groups excluding carboxylic acids is 1. The fourth-order valence-corrected chi connectivity index (χ4v) is 3.74. The minimum atomic E-state index is -0.320. The number of nitrogens with zero attached hydrogens (tertiary/aromatic N) is 2. The van der Waals surface area contributed by atoms with Crippen molar-refractivity contribution in [2.45, 2.75) is 26.4 Å². The average Bonchev–Trinajstić information content (AvgIpc) is 3.18. The summed E-state index contributed by atoms with van der Waals surface area (Å²) < 4.78 is 6.76. The third kappa shape index (κ3) is 3.84. The van der Waals surface area contributed by atoms with Crippen LogP contribution in [-0.2, 0) is 11.3 Å². The second kappa shape index (κ2) is 8.51. The minimum absolute atomic E-state index is 0.133. The normalized spacial score (nSPS) is 12.1. The maximum atomic E-state index is 11.6. The van der Waals surface area contributed by atoms with Crippen LogP contribution < -0.4 is 5.32 Å². The molecule has 1 unspecified atom stereocenters. The maximum absolute atomic E-state index is 11.6. The van der Waals surface area contributed by atoms with Gasteiger partial charge in [0.2, 0.25) is 0 Å². The second-order valence-corrected chi connectivity index (χ2v) is 7.39. The second-order valence-electron chi connectivity index (χ2n) is 7.39. The van der Waals surface area contributed by atoms with Gasteiger partial charge in [0.05, 0.1) is 24.6 Å². The van der Waals surface area contributed by atoms with Crippen molar-refractivity contribution in [3.63, 3.8) is 0 Å². The van der Waals surface area contributed by atoms with E-state index in [0.717, 1.165) is 22.5 Å². The lowest BCUT2D eigenvalue weighted by molar-refractivity contribution is 0.0600. The predicted octanol–water partition coefficient (Wildman–Crippen LogP) is 4.97. The van der Waals surface area contributed by atoms with Crippen molar-refractivity contribution in [3.05, 3.63) is 95.3 Å². The number of hydrogen-bond acceptors (Lipinski definition) is 4. The smallest absolute Gasteiger partial charge is 0.337 e. The van der Waals surface area contributed by atoms with Gasteiger partial charge in [-0.2, -0.15) is 5.10 Å². The van der Waals surface area contributed by atoms with Crippen LogP contribution >= 0.6 is 0 Å². The van der Waals surface area contributed by atoms with E-state index < -0.39 is 0 Å². The molecular formula is C25H25N3O2. The lowest BCUT2D eigenvalue weighted by atomic mass is 10.1. The Morgan fingerprint density at radius 2 is 1.80 bits per heavy atom. The molecule has 0 aliphatic heterocycles. The number of aromatic nitrogens is 2. The lowest BCUT2D eigenvalue weighted by Crippen LogP contribution is -2.18. The summed E-state index contributed by atoms with van der Waals surface area (Å²) in [7, 11) is 1.39. The third-order valence-electron chi connectivity index (χ3n) is 5.50. The van der Waals surface area contributed by atoms with E-state index in [1.165, 1.54) is 17.9 Å². The summed E-state index contributed by atoms with van der Waals surface area (Å²) >= 11 is 0. The summed E-state index contributed by atoms with van der Waals surface area (Å²) in [5.74, 6) is -0.320. The van der Waals surface area contributed by atoms with Gasteiger partial charge in [-0.3, -0.25) is 0 Å². The average molecular weight is 399 g/mol. The van der Waals surface area contributed by atoms with Crippen LogP contribution in [0.4, 0.5) is 0 Å². The monoisotopic (exact) mass is 399 g/mol. The van der Waals surface area contributed by atoms with Crippen molar-refractivity contribution in [1.82, 2.24) is 15.1 Å². The number of rotatable bonds is 6. The highest BCUT2D eigenvalue weighted by Crippen LogP contribution is 2.26. The van der Waals surface area contributed by atoms with Gasteiger partial charge in [-0.15, -0.1) is 0 Å². The van der Waals surface area contributed by atoms with E-state index in [4.69, 9.17) is 4.74 Å². The molecule has 0 radical (unpaired) electrons. The number of nitrogens with one attached hydrogen (secondary N) is 1. The van der Waals surface area contributed by atoms with E-state index in [0.29, 0.717) is 12.1 Å². The van der Waals surface area contributed by atoms with Crippen molar-refractivity contribution < 1.29 is 9.53 Å². The zero-order chi connectivity index (χ0) is 21.1. The number of carbonyl (C=O) groups is 1. The Morgan fingerprint density at radius 3 is 2.57 bits per heavy atom. The molecule has 30 heavy (non-hydrogen) atoms. The largest absolute Gasteiger partial charge is 0.465 e. The first-order chi connectivity index (χ1) is 14.6. The Balaban J connectivity index is 1.51. The summed E-state index contributed by atoms with van der Waals surface area (Å²) in [5, 5.41) is 10.6. The molecule has 0 saturated heterocycles. The highest BCUT2D eigenvalue weighted by atomic mass is 16.5. The zero-order valence-electron chi connectivity index (χ0n) is 17.4. The predicted molar refractivity (Wildman–Crippen MR) is 119 cm³/mol. The molecule has 3 aromatic carbocycles. The highest BCUT2D eigenvalue weighted by Gasteiger charge is 2.15. The topological polar surface area (TPSA) is 56.1 Å². The molecule has 5 nitrogen and oxygen atoms in total. The van der Waals surface area contributed by atoms with E-state index in [2.05, 4.69) is 66.7 Å². The number of methoxy groups -OCH3 is 1. The van der Waals surface area contributed by atoms with Crippen LogP contribution in [0.15, 0.2) is 72.9 Å². The van der Waals surface area contributed by atoms with Gasteiger partial charge in [0.1, 0.15) is 0 Å². The van der Waals surface area contributed by atoms with Gasteiger partial charge in [0, 0.05) is 29.2 Å². The minimum Gasteiger partial charge on any atom is -0.465 e. The van der Waals surface area contributed by atoms with Crippen molar-refractivity contribution in [1.29, 1.82) is 0 Å². The van der Waals surface area contributed by atoms with Crippen LogP contribution in [0.5, 0.6) is 0 Å². The Labute approximate surface area is 176 Å². The molecule has 0 amide bonds. The van der Waals surface area contributed by atoms with Gasteiger partial charge >= 0.3 is 5.97 Å². The van der Waals surface area contributed by atoms with E-state index in [1.54, 1.807) is 12.1 Å². The molecule has 1 heterocycles. The van der Waals surface area contributed by atoms with Crippen LogP contribution in [0.3, 0.4) is 0 Å². The molecule has 0 spiro atoms. The molecule has 0 fully saturated rings. The Bertz CT molecular complexity index is 1170. The fraction of sp³-hybridized carbons (Fsp3) is 0.200. The molecule has 1 aromatic heterocycles. The summed E-state index contributed by atoms with van der Waals surface area (Å²) in [6, 6.07) is 22.2. The van der Waals surface area contributed by atoms with Gasteiger partial charge in [-0.25, -0.2) is 9.48 Å². The summed E-state index contributed by atoms with van der Waals surface area (Å²) in [6.45, 7) is 4.94. The van der Waals surface area contributed by atoms with Crippen LogP contribution in [0, 0.1) is 6.92 Å². The van der Waals surface area contributed by atoms with E-state index in [1.807, 2.05) is 23.0 Å². The maximum Gasteiger partial charge on any atom is 0.337 e. The third-order valence-corrected chi connectivity index (χ3v) is 5.50. The van der Waals surface area contributed by atoms with Gasteiger partial charge < -0.3 is 10.1 Å². The summed E-state index contributed by atoms with van der Waals surface area (Å²) in [6.07, 6.45) is 1.94. The number of ether oxygens (including phenoxy) is 1. The Morgan fingerprint density at radius 1 is 1.07 bits per heavy atom. The van der Waals surface area contributed by atoms with Gasteiger partial charge in [-0.1, -0.05) is 48.5 Å². The van der Waals surface area contributed by atoms with Crippen molar-refractivity contribution in [3.8, 4) is 5.69 Å². The van der Waals surface area contributed by atoms with Crippen LogP contribution in [-0.4, -0.2) is 22.9 Å². The molecule has 5 heteroatoms. The molecule has 4 rings (SSSR count). The molecule has 4 aromatic rings. The quantitative estimate of drug-likeness (QED) is 0.465. The standard InChI is InChI=1S/C25H25N3O2/c1-17(26-15-19-11-13-21(14-12-19)25(29)30-3)23-16-27-28(18(23)2)24-10-6-8-20-7-4-5-9-22(20)24/h4-14,16-17,26H,15H2,1-3H3. The van der Waals surface area contributed by atoms with Gasteiger partial charge in [0.15, 0.2) is 0 Å². The summed E-state index contributed by atoms with van der Waals surface area (Å²) in [5.41, 5.74) is 5.03. The van der Waals surface area contributed by atoms with Crippen LogP contribution in [0.25, 0.3) is 16.5 Å². The molecule has 0 bridgehead atoms. The van der Waals surface area contributed by atoms with Crippen LogP contribution in [0.2, 0.25) is 0 Å². The van der Waals surface area contributed by atoms with E-state index in [-0.39, 0.29) is 12.0 Å². The Kier molecular flexibility index (Phi) is 5.63. The first-order valence-corrected chi connectivity index (χ1v) is 10.0. The molecule has 0 saturated carbocycles. The van der Waals surface area contributed by atoms with Crippen LogP contribution in [0.1, 0.15) is 40.1 Å². The molecule has 152 valence electrons. The van der Waals surface area contributed by atoms with E-state index >= 15 is 0 Å². The molecule has 1 N–H and O–H groups in total. The van der Waals surface area contributed by atoms with Gasteiger partial charge in [0.25, 0.3) is 0 Å². The van der Waals surface area contributed by atoms with Crippen molar-refractivity contribution >= 4 is 16.7 Å². The number of esters is 1. The summed E-state index contributed by atoms with van der Waals surface area (Å²) in [4.78, 5) is 11.6. The molecule has 1 atom stereocenters. The highest BCUT2D eigenvalue weighted by molar-refractivity contribution is 5.90. The van der Waals surface area contributed by atoms with Gasteiger partial charge in [-0.05, 0) is 43.0 Å². The first-order valence-electron chi connectivity index (χ1n) is 10.0. The molecule has 0 aliphatic carbocycles.